The monoisotopic (exact) mass is 444 g/mol. The van der Waals surface area contributed by atoms with Crippen molar-refractivity contribution in [2.45, 2.75) is 129 Å². The molecular weight excluding hydrogens is 396 g/mol. The molecule has 1 aliphatic heterocycles. The van der Waals surface area contributed by atoms with Gasteiger partial charge < -0.3 is 9.84 Å². The van der Waals surface area contributed by atoms with Crippen molar-refractivity contribution in [3.05, 3.63) is 23.3 Å². The minimum atomic E-state index is -0.677. The number of hydrogen-bond acceptors (Lipinski definition) is 3. The van der Waals surface area contributed by atoms with Crippen molar-refractivity contribution in [2.24, 2.45) is 23.7 Å². The van der Waals surface area contributed by atoms with Crippen LogP contribution in [0.2, 0.25) is 0 Å². The molecule has 4 rings (SSSR count). The van der Waals surface area contributed by atoms with Gasteiger partial charge in [0.15, 0.2) is 0 Å². The van der Waals surface area contributed by atoms with Crippen LogP contribution in [0.4, 0.5) is 0 Å². The number of fused-ring (bicyclic) bond motifs is 1. The van der Waals surface area contributed by atoms with Crippen LogP contribution in [-0.2, 0) is 9.53 Å². The van der Waals surface area contributed by atoms with E-state index in [4.69, 9.17) is 4.74 Å². The zero-order valence-electron chi connectivity index (χ0n) is 21.2. The number of aliphatic hydroxyl groups excluding tert-OH is 1. The van der Waals surface area contributed by atoms with Crippen LogP contribution in [0.25, 0.3) is 0 Å². The molecular formula is C29H48O3. The van der Waals surface area contributed by atoms with Crippen molar-refractivity contribution in [2.75, 3.05) is 0 Å². The number of carbonyl (C=O) groups excluding carboxylic acids is 1. The lowest BCUT2D eigenvalue weighted by Crippen LogP contribution is -2.51. The fraction of sp³-hybridized carbons (Fsp3) is 0.828. The number of esters is 1. The molecule has 1 saturated carbocycles. The number of rotatable bonds is 14. The van der Waals surface area contributed by atoms with E-state index in [2.05, 4.69) is 33.8 Å². The molecule has 0 radical (unpaired) electrons. The lowest BCUT2D eigenvalue weighted by atomic mass is 9.56. The normalized spacial score (nSPS) is 30.1. The first-order chi connectivity index (χ1) is 15.4. The molecule has 0 amide bonds. The Balaban J connectivity index is 1.42. The second kappa shape index (κ2) is 11.9. The summed E-state index contributed by atoms with van der Waals surface area (Å²) in [7, 11) is 0. The lowest BCUT2D eigenvalue weighted by Gasteiger charge is -2.51. The molecule has 0 saturated heterocycles. The van der Waals surface area contributed by atoms with Crippen molar-refractivity contribution < 1.29 is 14.6 Å². The maximum atomic E-state index is 12.8. The molecule has 0 aromatic rings. The Morgan fingerprint density at radius 2 is 1.62 bits per heavy atom. The summed E-state index contributed by atoms with van der Waals surface area (Å²) in [6, 6.07) is 0. The highest BCUT2D eigenvalue weighted by atomic mass is 16.6. The number of hydrogen-bond donors (Lipinski definition) is 1. The average molecular weight is 445 g/mol. The summed E-state index contributed by atoms with van der Waals surface area (Å²) in [6.07, 6.45) is 20.7. The second-order valence-corrected chi connectivity index (χ2v) is 11.3. The van der Waals surface area contributed by atoms with Crippen LogP contribution < -0.4 is 0 Å². The van der Waals surface area contributed by atoms with Crippen LogP contribution >= 0.6 is 0 Å². The Morgan fingerprint density at radius 1 is 1.03 bits per heavy atom. The molecule has 32 heavy (non-hydrogen) atoms. The number of allylic oxidation sites excluding steroid dienone is 1. The van der Waals surface area contributed by atoms with E-state index in [-0.39, 0.29) is 11.9 Å². The Morgan fingerprint density at radius 3 is 2.19 bits per heavy atom. The van der Waals surface area contributed by atoms with Crippen molar-refractivity contribution in [3.8, 4) is 0 Å². The SMILES string of the molecule is CCCCCCCCCCCCCC(O)C1=CC2(CC3CC(C(C)C)C2C=C3C)OC1=O. The molecule has 0 aromatic heterocycles. The van der Waals surface area contributed by atoms with Crippen LogP contribution in [-0.4, -0.2) is 22.8 Å². The van der Waals surface area contributed by atoms with E-state index >= 15 is 0 Å². The predicted molar refractivity (Wildman–Crippen MR) is 132 cm³/mol. The van der Waals surface area contributed by atoms with Gasteiger partial charge in [-0.05, 0) is 50.0 Å². The topological polar surface area (TPSA) is 46.5 Å². The molecule has 0 aromatic carbocycles. The van der Waals surface area contributed by atoms with Gasteiger partial charge in [-0.2, -0.15) is 0 Å². The summed E-state index contributed by atoms with van der Waals surface area (Å²) >= 11 is 0. The average Bonchev–Trinajstić information content (AvgIpc) is 3.08. The van der Waals surface area contributed by atoms with Crippen molar-refractivity contribution in [3.63, 3.8) is 0 Å². The number of aliphatic hydroxyl groups is 1. The van der Waals surface area contributed by atoms with Gasteiger partial charge >= 0.3 is 5.97 Å². The summed E-state index contributed by atoms with van der Waals surface area (Å²) in [5, 5.41) is 10.8. The third-order valence-corrected chi connectivity index (χ3v) is 8.45. The van der Waals surface area contributed by atoms with Gasteiger partial charge in [0.05, 0.1) is 11.7 Å². The predicted octanol–water partition coefficient (Wildman–Crippen LogP) is 7.53. The molecule has 1 fully saturated rings. The molecule has 182 valence electrons. The van der Waals surface area contributed by atoms with E-state index in [9.17, 15) is 9.90 Å². The first kappa shape index (κ1) is 25.5. The Hall–Kier alpha value is -1.09. The molecule has 1 N–H and O–H groups in total. The molecule has 5 atom stereocenters. The van der Waals surface area contributed by atoms with Gasteiger partial charge in [0.25, 0.3) is 0 Å². The minimum absolute atomic E-state index is 0.253. The van der Waals surface area contributed by atoms with Crippen LogP contribution in [0.1, 0.15) is 118 Å². The van der Waals surface area contributed by atoms with Crippen molar-refractivity contribution >= 4 is 5.97 Å². The quantitative estimate of drug-likeness (QED) is 0.171. The lowest BCUT2D eigenvalue weighted by molar-refractivity contribution is -0.158. The van der Waals surface area contributed by atoms with Crippen molar-refractivity contribution in [1.29, 1.82) is 0 Å². The maximum absolute atomic E-state index is 12.8. The molecule has 3 nitrogen and oxygen atoms in total. The Labute approximate surface area is 197 Å². The van der Waals surface area contributed by atoms with Gasteiger partial charge in [0.2, 0.25) is 0 Å². The van der Waals surface area contributed by atoms with Crippen molar-refractivity contribution in [1.82, 2.24) is 0 Å². The highest BCUT2D eigenvalue weighted by molar-refractivity contribution is 5.92. The van der Waals surface area contributed by atoms with E-state index in [0.29, 0.717) is 29.7 Å². The third kappa shape index (κ3) is 6.07. The Bertz CT molecular complexity index is 676. The zero-order chi connectivity index (χ0) is 23.1. The van der Waals surface area contributed by atoms with Gasteiger partial charge in [0.1, 0.15) is 5.60 Å². The number of ether oxygens (including phenoxy) is 1. The molecule has 1 spiro atoms. The summed E-state index contributed by atoms with van der Waals surface area (Å²) in [5.74, 6) is 1.59. The van der Waals surface area contributed by atoms with Crippen LogP contribution in [0, 0.1) is 23.7 Å². The molecule has 3 aliphatic carbocycles. The zero-order valence-corrected chi connectivity index (χ0v) is 21.2. The maximum Gasteiger partial charge on any atom is 0.337 e. The van der Waals surface area contributed by atoms with E-state index in [1.165, 1.54) is 69.8 Å². The van der Waals surface area contributed by atoms with E-state index in [1.807, 2.05) is 6.08 Å². The van der Waals surface area contributed by atoms with E-state index in [0.717, 1.165) is 19.3 Å². The second-order valence-electron chi connectivity index (χ2n) is 11.3. The molecule has 3 heteroatoms. The highest BCUT2D eigenvalue weighted by Gasteiger charge is 2.56. The van der Waals surface area contributed by atoms with Crippen LogP contribution in [0.3, 0.4) is 0 Å². The van der Waals surface area contributed by atoms with Crippen LogP contribution in [0.15, 0.2) is 23.3 Å². The summed E-state index contributed by atoms with van der Waals surface area (Å²) in [5.41, 5.74) is 1.47. The summed E-state index contributed by atoms with van der Waals surface area (Å²) < 4.78 is 6.06. The van der Waals surface area contributed by atoms with Crippen LogP contribution in [0.5, 0.6) is 0 Å². The van der Waals surface area contributed by atoms with E-state index in [1.54, 1.807) is 0 Å². The van der Waals surface area contributed by atoms with Gasteiger partial charge in [-0.15, -0.1) is 0 Å². The van der Waals surface area contributed by atoms with Gasteiger partial charge in [0, 0.05) is 5.92 Å². The van der Waals surface area contributed by atoms with E-state index < -0.39 is 11.7 Å². The fourth-order valence-corrected chi connectivity index (χ4v) is 6.40. The summed E-state index contributed by atoms with van der Waals surface area (Å²) in [6.45, 7) is 9.06. The number of carbonyl (C=O) groups is 1. The highest BCUT2D eigenvalue weighted by Crippen LogP contribution is 2.56. The van der Waals surface area contributed by atoms with Gasteiger partial charge in [-0.3, -0.25) is 0 Å². The third-order valence-electron chi connectivity index (χ3n) is 8.45. The smallest absolute Gasteiger partial charge is 0.337 e. The van der Waals surface area contributed by atoms with Gasteiger partial charge in [-0.1, -0.05) is 103 Å². The first-order valence-electron chi connectivity index (χ1n) is 13.7. The molecule has 5 unspecified atom stereocenters. The standard InChI is InChI=1S/C29H48O3/c1-5-6-7-8-9-10-11-12-13-14-15-16-27(30)25-20-29(32-28(25)31)19-23-18-24(21(2)3)26(29)17-22(23)4/h17,20-21,23-24,26-27,30H,5-16,18-19H2,1-4H3. The minimum Gasteiger partial charge on any atom is -0.451 e. The molecule has 1 heterocycles. The fourth-order valence-electron chi connectivity index (χ4n) is 6.40. The first-order valence-corrected chi connectivity index (χ1v) is 13.7. The Kier molecular flexibility index (Phi) is 9.46. The largest absolute Gasteiger partial charge is 0.451 e. The molecule has 4 aliphatic rings. The molecule has 2 bridgehead atoms. The number of unbranched alkanes of at least 4 members (excludes halogenated alkanes) is 10. The van der Waals surface area contributed by atoms with Gasteiger partial charge in [-0.25, -0.2) is 4.79 Å². The summed E-state index contributed by atoms with van der Waals surface area (Å²) in [4.78, 5) is 12.8.